The zero-order chi connectivity index (χ0) is 39.9. The first kappa shape index (κ1) is 41.2. The van der Waals surface area contributed by atoms with Crippen LogP contribution in [0.15, 0.2) is 108 Å². The Kier molecular flexibility index (Phi) is 13.4. The lowest BCUT2D eigenvalue weighted by Crippen LogP contribution is -2.47. The van der Waals surface area contributed by atoms with E-state index in [0.717, 1.165) is 52.8 Å². The summed E-state index contributed by atoms with van der Waals surface area (Å²) in [7, 11) is -3.97. The lowest BCUT2D eigenvalue weighted by molar-refractivity contribution is -0.253. The molecular formula is C44H53N3O8S. The molecule has 0 aromatic heterocycles. The minimum absolute atomic E-state index is 0.0509. The molecule has 0 spiro atoms. The van der Waals surface area contributed by atoms with Crippen LogP contribution in [-0.2, 0) is 53.4 Å². The normalized spacial score (nSPS) is 21.0. The van der Waals surface area contributed by atoms with Crippen LogP contribution in [-0.4, -0.2) is 67.2 Å². The van der Waals surface area contributed by atoms with Crippen LogP contribution in [0, 0.1) is 6.92 Å². The molecular weight excluding hydrogens is 731 g/mol. The molecule has 5 unspecified atom stereocenters. The number of rotatable bonds is 14. The van der Waals surface area contributed by atoms with E-state index in [2.05, 4.69) is 14.9 Å². The maximum Gasteiger partial charge on any atom is 0.323 e. The number of aryl methyl sites for hydroxylation is 1. The summed E-state index contributed by atoms with van der Waals surface area (Å²) in [5.74, 6) is -0.662. The molecule has 0 saturated carbocycles. The van der Waals surface area contributed by atoms with E-state index in [0.29, 0.717) is 13.0 Å². The number of nitrogens with zero attached hydrogens (tertiary/aromatic N) is 1. The smallest absolute Gasteiger partial charge is 0.323 e. The third-order valence-electron chi connectivity index (χ3n) is 10.0. The Labute approximate surface area is 330 Å². The summed E-state index contributed by atoms with van der Waals surface area (Å²) < 4.78 is 48.2. The molecule has 2 saturated heterocycles. The van der Waals surface area contributed by atoms with Crippen molar-refractivity contribution in [3.8, 4) is 0 Å². The molecule has 4 aromatic rings. The molecule has 1 amide bonds. The topological polar surface area (TPSA) is 144 Å². The third kappa shape index (κ3) is 11.1. The Morgan fingerprint density at radius 1 is 0.875 bits per heavy atom. The summed E-state index contributed by atoms with van der Waals surface area (Å²) in [6.45, 7) is 8.94. The lowest BCUT2D eigenvalue weighted by atomic mass is 9.99. The number of benzene rings is 4. The Bertz CT molecular complexity index is 2020. The van der Waals surface area contributed by atoms with Crippen LogP contribution in [0.2, 0.25) is 0 Å². The summed E-state index contributed by atoms with van der Waals surface area (Å²) in [6.07, 6.45) is 1.14. The highest BCUT2D eigenvalue weighted by Gasteiger charge is 2.39. The number of likely N-dealkylation sites (tertiary alicyclic amines) is 1. The number of carbonyl (C=O) groups is 2. The lowest BCUT2D eigenvalue weighted by Gasteiger charge is -2.38. The molecule has 0 aliphatic carbocycles. The molecule has 298 valence electrons. The number of hydrogen-bond donors (Lipinski definition) is 3. The third-order valence-corrected chi connectivity index (χ3v) is 11.5. The van der Waals surface area contributed by atoms with Gasteiger partial charge in [0.25, 0.3) is 0 Å². The van der Waals surface area contributed by atoms with Crippen molar-refractivity contribution in [2.45, 2.75) is 108 Å². The molecule has 0 radical (unpaired) electrons. The van der Waals surface area contributed by atoms with Gasteiger partial charge in [-0.15, -0.1) is 0 Å². The first-order chi connectivity index (χ1) is 26.8. The standard InChI is InChI=1S/C44H53N3O8S/c1-30-12-22-37(23-13-30)56(51,52)46-38(25-31-9-6-5-7-10-31)41(49)45-27-32-14-20-35(21-15-32)43-53-36(26-40(54-43)34-18-16-33(29-48)17-19-34)28-47-24-8-11-39(47)42(50)55-44(2,3)4/h5-7,9-10,12-23,36,38-40,43,46,48H,8,11,24-29H2,1-4H3,(H,45,49). The minimum Gasteiger partial charge on any atom is -0.459 e. The summed E-state index contributed by atoms with van der Waals surface area (Å²) in [4.78, 5) is 29.0. The van der Waals surface area contributed by atoms with Gasteiger partial charge < -0.3 is 24.6 Å². The highest BCUT2D eigenvalue weighted by atomic mass is 32.2. The summed E-state index contributed by atoms with van der Waals surface area (Å²) in [6, 6.07) is 29.7. The maximum absolute atomic E-state index is 13.6. The molecule has 12 heteroatoms. The highest BCUT2D eigenvalue weighted by Crippen LogP contribution is 2.39. The van der Waals surface area contributed by atoms with Crippen molar-refractivity contribution in [2.24, 2.45) is 0 Å². The zero-order valence-electron chi connectivity index (χ0n) is 32.5. The Morgan fingerprint density at radius 3 is 2.20 bits per heavy atom. The average Bonchev–Trinajstić information content (AvgIpc) is 3.65. The maximum atomic E-state index is 13.6. The number of sulfonamides is 1. The second-order valence-corrected chi connectivity index (χ2v) is 17.4. The van der Waals surface area contributed by atoms with Crippen LogP contribution in [0.4, 0.5) is 0 Å². The van der Waals surface area contributed by atoms with Gasteiger partial charge in [0.2, 0.25) is 15.9 Å². The Morgan fingerprint density at radius 2 is 1.54 bits per heavy atom. The van der Waals surface area contributed by atoms with Crippen LogP contribution < -0.4 is 10.0 Å². The number of hydrogen-bond acceptors (Lipinski definition) is 9. The van der Waals surface area contributed by atoms with E-state index in [-0.39, 0.29) is 48.7 Å². The van der Waals surface area contributed by atoms with E-state index in [1.165, 1.54) is 12.1 Å². The zero-order valence-corrected chi connectivity index (χ0v) is 33.3. The van der Waals surface area contributed by atoms with Crippen LogP contribution in [0.3, 0.4) is 0 Å². The molecule has 5 atom stereocenters. The van der Waals surface area contributed by atoms with Gasteiger partial charge in [0, 0.05) is 25.1 Å². The van der Waals surface area contributed by atoms with Gasteiger partial charge in [-0.05, 0) is 87.9 Å². The molecule has 56 heavy (non-hydrogen) atoms. The molecule has 2 aliphatic heterocycles. The second-order valence-electron chi connectivity index (χ2n) is 15.7. The molecule has 3 N–H and O–H groups in total. The van der Waals surface area contributed by atoms with Crippen LogP contribution in [0.1, 0.15) is 85.8 Å². The van der Waals surface area contributed by atoms with E-state index in [9.17, 15) is 23.1 Å². The van der Waals surface area contributed by atoms with Crippen molar-refractivity contribution in [2.75, 3.05) is 13.1 Å². The predicted octanol–water partition coefficient (Wildman–Crippen LogP) is 6.04. The van der Waals surface area contributed by atoms with Gasteiger partial charge in [0.05, 0.1) is 23.7 Å². The largest absolute Gasteiger partial charge is 0.459 e. The van der Waals surface area contributed by atoms with Crippen molar-refractivity contribution >= 4 is 21.9 Å². The van der Waals surface area contributed by atoms with Gasteiger partial charge in [0.1, 0.15) is 17.7 Å². The van der Waals surface area contributed by atoms with Crippen LogP contribution in [0.25, 0.3) is 0 Å². The average molecular weight is 784 g/mol. The van der Waals surface area contributed by atoms with Gasteiger partial charge in [-0.2, -0.15) is 4.72 Å². The summed E-state index contributed by atoms with van der Waals surface area (Å²) in [5.41, 5.74) is 4.55. The molecule has 4 aromatic carbocycles. The molecule has 2 heterocycles. The highest BCUT2D eigenvalue weighted by molar-refractivity contribution is 7.89. The van der Waals surface area contributed by atoms with Crippen molar-refractivity contribution in [1.82, 2.24) is 14.9 Å². The number of carbonyl (C=O) groups excluding carboxylic acids is 2. The molecule has 11 nitrogen and oxygen atoms in total. The molecule has 0 bridgehead atoms. The molecule has 2 fully saturated rings. The minimum atomic E-state index is -3.97. The van der Waals surface area contributed by atoms with Crippen molar-refractivity contribution in [1.29, 1.82) is 0 Å². The van der Waals surface area contributed by atoms with Crippen molar-refractivity contribution in [3.05, 3.63) is 137 Å². The number of amides is 1. The van der Waals surface area contributed by atoms with E-state index >= 15 is 0 Å². The van der Waals surface area contributed by atoms with Crippen LogP contribution in [0.5, 0.6) is 0 Å². The van der Waals surface area contributed by atoms with E-state index in [1.807, 2.05) is 107 Å². The second kappa shape index (κ2) is 18.2. The van der Waals surface area contributed by atoms with Gasteiger partial charge in [-0.3, -0.25) is 14.5 Å². The molecule has 6 rings (SSSR count). The number of ether oxygens (including phenoxy) is 3. The monoisotopic (exact) mass is 783 g/mol. The number of esters is 1. The van der Waals surface area contributed by atoms with E-state index in [1.54, 1.807) is 12.1 Å². The fraction of sp³-hybridized carbons (Fsp3) is 0.409. The fourth-order valence-corrected chi connectivity index (χ4v) is 8.29. The van der Waals surface area contributed by atoms with Crippen molar-refractivity contribution in [3.63, 3.8) is 0 Å². The van der Waals surface area contributed by atoms with Gasteiger partial charge in [-0.25, -0.2) is 8.42 Å². The Balaban J connectivity index is 1.14. The first-order valence-corrected chi connectivity index (χ1v) is 20.7. The summed E-state index contributed by atoms with van der Waals surface area (Å²) in [5, 5.41) is 12.5. The predicted molar refractivity (Wildman–Crippen MR) is 213 cm³/mol. The number of aliphatic hydroxyl groups is 1. The molecule has 2 aliphatic rings. The number of nitrogens with one attached hydrogen (secondary N) is 2. The fourth-order valence-electron chi connectivity index (χ4n) is 7.09. The van der Waals surface area contributed by atoms with Crippen molar-refractivity contribution < 1.29 is 37.3 Å². The van der Waals surface area contributed by atoms with E-state index < -0.39 is 33.9 Å². The van der Waals surface area contributed by atoms with E-state index in [4.69, 9.17) is 14.2 Å². The Hall–Kier alpha value is -4.43. The van der Waals surface area contributed by atoms with Crippen LogP contribution >= 0.6 is 0 Å². The quantitative estimate of drug-likeness (QED) is 0.130. The summed E-state index contributed by atoms with van der Waals surface area (Å²) >= 11 is 0. The van der Waals surface area contributed by atoms with Gasteiger partial charge in [-0.1, -0.05) is 96.6 Å². The van der Waals surface area contributed by atoms with Gasteiger partial charge in [0.15, 0.2) is 6.29 Å². The SMILES string of the molecule is Cc1ccc(S(=O)(=O)NC(Cc2ccccc2)C(=O)NCc2ccc(C3OC(CN4CCCC4C(=O)OC(C)(C)C)CC(c4ccc(CO)cc4)O3)cc2)cc1. The van der Waals surface area contributed by atoms with Gasteiger partial charge >= 0.3 is 5.97 Å². The first-order valence-electron chi connectivity index (χ1n) is 19.2. The number of aliphatic hydroxyl groups excluding tert-OH is 1.